The topological polar surface area (TPSA) is 144 Å². The summed E-state index contributed by atoms with van der Waals surface area (Å²) in [5.41, 5.74) is -0.132. The molecule has 1 fully saturated rings. The number of thioether (sulfide) groups is 1. The van der Waals surface area contributed by atoms with E-state index < -0.39 is 140 Å². The van der Waals surface area contributed by atoms with Gasteiger partial charge in [-0.25, -0.2) is 0 Å². The molecule has 404 valence electrons. The summed E-state index contributed by atoms with van der Waals surface area (Å²) in [4.78, 5) is 65.0. The molecule has 2 aliphatic rings. The van der Waals surface area contributed by atoms with Crippen molar-refractivity contribution in [3.05, 3.63) is 70.8 Å². The summed E-state index contributed by atoms with van der Waals surface area (Å²) < 4.78 is 263. The van der Waals surface area contributed by atoms with Crippen molar-refractivity contribution in [2.24, 2.45) is 0 Å². The maximum absolute atomic E-state index is 14.2. The first kappa shape index (κ1) is 59.6. The molecule has 4 rings (SSSR count). The first-order valence-corrected chi connectivity index (χ1v) is 21.7. The predicted octanol–water partition coefficient (Wildman–Crippen LogP) is 9.45. The van der Waals surface area contributed by atoms with Crippen LogP contribution < -0.4 is 0 Å². The fourth-order valence-electron chi connectivity index (χ4n) is 7.07. The van der Waals surface area contributed by atoms with Gasteiger partial charge in [-0.3, -0.25) is 28.9 Å². The van der Waals surface area contributed by atoms with Crippen LogP contribution >= 0.6 is 11.8 Å². The number of amides is 2. The molecule has 0 radical (unpaired) electrons. The highest BCUT2D eigenvalue weighted by Crippen LogP contribution is 2.64. The van der Waals surface area contributed by atoms with Crippen LogP contribution in [0, 0.1) is 0 Å². The summed E-state index contributed by atoms with van der Waals surface area (Å²) in [6.07, 6.45) is -16.3. The summed E-state index contributed by atoms with van der Waals surface area (Å²) in [6, 6.07) is 10.8. The molecular weight excluding hydrogens is 1050 g/mol. The highest BCUT2D eigenvalue weighted by Gasteiger charge is 2.95. The third kappa shape index (κ3) is 11.8. The molecule has 2 aromatic carbocycles. The normalized spacial score (nSPS) is 20.6. The standard InChI is InChI=1S/C42H40F17NO11S/c1-21(61)68-19-28-30(69-22(2)62)31(70-23(3)63)29(60-32(64)26-11-4-5-12-27(26)33(60)65)34(71-28)72-20-25-10-6-9-24(17-25)18-67-16-8-15-66-14-7-13-35(43,44)36(45,46)37(47,48)38(49,50)39(51,52)40(53,54)41(55,56)42(57,58)59/h4-6,9-12,17,28-31,34H,7-8,13-16,18-20H2,1-3H3/t28-,29-,30-,31-,34+/m1/s1. The maximum Gasteiger partial charge on any atom is 0.460 e. The molecule has 12 nitrogen and oxygen atoms in total. The summed E-state index contributed by atoms with van der Waals surface area (Å²) in [5.74, 6) is -60.8. The number of hydrogen-bond acceptors (Lipinski definition) is 12. The van der Waals surface area contributed by atoms with Crippen molar-refractivity contribution >= 4 is 41.5 Å². The van der Waals surface area contributed by atoms with Gasteiger partial charge in [0.15, 0.2) is 12.2 Å². The van der Waals surface area contributed by atoms with Crippen LogP contribution in [0.1, 0.15) is 71.9 Å². The third-order valence-electron chi connectivity index (χ3n) is 10.6. The number of hydrogen-bond donors (Lipinski definition) is 0. The molecule has 1 saturated heterocycles. The smallest absolute Gasteiger partial charge is 0.460 e. The van der Waals surface area contributed by atoms with E-state index in [4.69, 9.17) is 28.4 Å². The number of fused-ring (bicyclic) bond motifs is 1. The third-order valence-corrected chi connectivity index (χ3v) is 11.8. The van der Waals surface area contributed by atoms with Crippen LogP contribution in [-0.2, 0) is 55.2 Å². The Bertz CT molecular complexity index is 2250. The van der Waals surface area contributed by atoms with Crippen molar-refractivity contribution in [1.82, 2.24) is 4.90 Å². The Morgan fingerprint density at radius 2 is 1.08 bits per heavy atom. The van der Waals surface area contributed by atoms with E-state index in [1.54, 1.807) is 24.3 Å². The summed E-state index contributed by atoms with van der Waals surface area (Å²) in [6.45, 7) is 0.829. The molecule has 2 aliphatic heterocycles. The van der Waals surface area contributed by atoms with Crippen molar-refractivity contribution < 1.29 is 127 Å². The Morgan fingerprint density at radius 1 is 0.597 bits per heavy atom. The molecule has 0 bridgehead atoms. The van der Waals surface area contributed by atoms with Crippen molar-refractivity contribution in [1.29, 1.82) is 0 Å². The van der Waals surface area contributed by atoms with E-state index in [0.29, 0.717) is 11.1 Å². The number of halogens is 17. The minimum absolute atomic E-state index is 0.0192. The Kier molecular flexibility index (Phi) is 18.4. The number of rotatable bonds is 24. The molecule has 0 saturated carbocycles. The van der Waals surface area contributed by atoms with Gasteiger partial charge in [0.05, 0.1) is 17.7 Å². The molecule has 0 aliphatic carbocycles. The van der Waals surface area contributed by atoms with Crippen LogP contribution in [0.15, 0.2) is 48.5 Å². The van der Waals surface area contributed by atoms with Gasteiger partial charge in [-0.2, -0.15) is 74.6 Å². The highest BCUT2D eigenvalue weighted by molar-refractivity contribution is 7.99. The number of esters is 3. The second-order valence-corrected chi connectivity index (χ2v) is 17.0. The average molecular weight is 1090 g/mol. The van der Waals surface area contributed by atoms with Crippen LogP contribution in [0.4, 0.5) is 74.6 Å². The van der Waals surface area contributed by atoms with Gasteiger partial charge in [-0.1, -0.05) is 36.4 Å². The van der Waals surface area contributed by atoms with Crippen molar-refractivity contribution in [2.45, 2.75) is 130 Å². The van der Waals surface area contributed by atoms with Crippen LogP contribution in [0.2, 0.25) is 0 Å². The SMILES string of the molecule is CC(=O)OC[C@H]1O[C@@H](SCc2cccc(COCCCOCCCC(F)(F)C(F)(F)C(F)(F)C(F)(F)C(F)(F)C(F)(F)C(F)(F)C(F)(F)F)c2)[C@H](N2C(=O)c3ccccc3C2=O)[C@@H](OC(C)=O)[C@@H]1OC(C)=O. The number of nitrogens with zero attached hydrogens (tertiary/aromatic N) is 1. The zero-order valence-corrected chi connectivity index (χ0v) is 38.0. The number of alkyl halides is 17. The summed E-state index contributed by atoms with van der Waals surface area (Å²) >= 11 is 1.00. The molecular formula is C42H40F17NO11S. The minimum Gasteiger partial charge on any atom is -0.463 e. The maximum atomic E-state index is 14.2. The van der Waals surface area contributed by atoms with Gasteiger partial charge in [0.1, 0.15) is 24.2 Å². The van der Waals surface area contributed by atoms with Crippen molar-refractivity contribution in [3.8, 4) is 0 Å². The molecule has 0 N–H and O–H groups in total. The fraction of sp³-hybridized carbons (Fsp3) is 0.595. The van der Waals surface area contributed by atoms with E-state index in [1.165, 1.54) is 24.3 Å². The van der Waals surface area contributed by atoms with Gasteiger partial charge >= 0.3 is 65.5 Å². The number of carbonyl (C=O) groups is 5. The molecule has 72 heavy (non-hydrogen) atoms. The number of benzene rings is 2. The molecule has 2 amide bonds. The van der Waals surface area contributed by atoms with E-state index >= 15 is 0 Å². The van der Waals surface area contributed by atoms with Crippen molar-refractivity contribution in [2.75, 3.05) is 26.4 Å². The Balaban J connectivity index is 1.36. The van der Waals surface area contributed by atoms with E-state index in [-0.39, 0.29) is 36.5 Å². The van der Waals surface area contributed by atoms with Gasteiger partial charge in [-0.15, -0.1) is 11.8 Å². The first-order chi connectivity index (χ1) is 33.0. The Morgan fingerprint density at radius 3 is 1.61 bits per heavy atom. The quantitative estimate of drug-likeness (QED) is 0.0325. The minimum atomic E-state index is -8.70. The average Bonchev–Trinajstić information content (AvgIpc) is 3.52. The molecule has 2 heterocycles. The molecule has 0 spiro atoms. The Labute approximate surface area is 400 Å². The van der Waals surface area contributed by atoms with Gasteiger partial charge in [-0.05, 0) is 36.1 Å². The number of carbonyl (C=O) groups excluding carboxylic acids is 5. The first-order valence-electron chi connectivity index (χ1n) is 20.7. The molecule has 5 atom stereocenters. The van der Waals surface area contributed by atoms with E-state index in [0.717, 1.165) is 37.4 Å². The summed E-state index contributed by atoms with van der Waals surface area (Å²) in [5, 5.41) is 0. The lowest BCUT2D eigenvalue weighted by atomic mass is 9.88. The van der Waals surface area contributed by atoms with Gasteiger partial charge < -0.3 is 28.4 Å². The number of imide groups is 1. The second kappa shape index (κ2) is 22.2. The lowest BCUT2D eigenvalue weighted by molar-refractivity contribution is -0.461. The van der Waals surface area contributed by atoms with Gasteiger partial charge in [0.2, 0.25) is 0 Å². The molecule has 0 aromatic heterocycles. The summed E-state index contributed by atoms with van der Waals surface area (Å²) in [7, 11) is 0. The highest BCUT2D eigenvalue weighted by atomic mass is 32.2. The largest absolute Gasteiger partial charge is 0.463 e. The molecule has 30 heteroatoms. The van der Waals surface area contributed by atoms with Gasteiger partial charge in [0, 0.05) is 52.8 Å². The Hall–Kier alpha value is -4.97. The predicted molar refractivity (Wildman–Crippen MR) is 210 cm³/mol. The molecule has 0 unspecified atom stereocenters. The lowest BCUT2D eigenvalue weighted by Gasteiger charge is -2.47. The van der Waals surface area contributed by atoms with E-state index in [9.17, 15) is 98.6 Å². The monoisotopic (exact) mass is 1090 g/mol. The van der Waals surface area contributed by atoms with Crippen LogP contribution in [0.5, 0.6) is 0 Å². The zero-order chi connectivity index (χ0) is 54.6. The van der Waals surface area contributed by atoms with Crippen molar-refractivity contribution in [3.63, 3.8) is 0 Å². The van der Waals surface area contributed by atoms with E-state index in [2.05, 4.69) is 0 Å². The molecule has 2 aromatic rings. The zero-order valence-electron chi connectivity index (χ0n) is 37.1. The lowest BCUT2D eigenvalue weighted by Crippen LogP contribution is -2.74. The van der Waals surface area contributed by atoms with Crippen LogP contribution in [0.3, 0.4) is 0 Å². The second-order valence-electron chi connectivity index (χ2n) is 15.9. The number of ether oxygens (including phenoxy) is 6. The van der Waals surface area contributed by atoms with E-state index in [1.807, 2.05) is 0 Å². The van der Waals surface area contributed by atoms with Crippen LogP contribution in [-0.4, -0.2) is 138 Å². The van der Waals surface area contributed by atoms with Gasteiger partial charge in [0.25, 0.3) is 11.8 Å². The fourth-order valence-corrected chi connectivity index (χ4v) is 8.30. The van der Waals surface area contributed by atoms with Crippen LogP contribution in [0.25, 0.3) is 0 Å².